The summed E-state index contributed by atoms with van der Waals surface area (Å²) in [5.41, 5.74) is 2.84. The van der Waals surface area contributed by atoms with E-state index in [1.54, 1.807) is 86.4 Å². The zero-order valence-electron chi connectivity index (χ0n) is 18.7. The summed E-state index contributed by atoms with van der Waals surface area (Å²) in [4.78, 5) is 38.8. The lowest BCUT2D eigenvalue weighted by molar-refractivity contribution is -0.124. The third kappa shape index (κ3) is 4.65. The first-order chi connectivity index (χ1) is 17.1. The predicted molar refractivity (Wildman–Crippen MR) is 127 cm³/mol. The van der Waals surface area contributed by atoms with Crippen molar-refractivity contribution in [2.75, 3.05) is 5.32 Å². The number of fused-ring (bicyclic) bond motifs is 1. The van der Waals surface area contributed by atoms with Crippen molar-refractivity contribution in [3.05, 3.63) is 85.1 Å². The molecule has 9 heteroatoms. The van der Waals surface area contributed by atoms with Crippen molar-refractivity contribution >= 4 is 28.6 Å². The lowest BCUT2D eigenvalue weighted by Gasteiger charge is -2.16. The smallest absolute Gasteiger partial charge is 0.338 e. The fourth-order valence-corrected chi connectivity index (χ4v) is 3.53. The van der Waals surface area contributed by atoms with Crippen LogP contribution in [0, 0.1) is 0 Å². The van der Waals surface area contributed by atoms with Crippen molar-refractivity contribution in [2.24, 2.45) is 0 Å². The quantitative estimate of drug-likeness (QED) is 0.327. The van der Waals surface area contributed by atoms with Crippen molar-refractivity contribution in [1.82, 2.24) is 15.0 Å². The van der Waals surface area contributed by atoms with Gasteiger partial charge >= 0.3 is 5.97 Å². The predicted octanol–water partition coefficient (Wildman–Crippen LogP) is 5.12. The van der Waals surface area contributed by atoms with E-state index >= 15 is 0 Å². The molecule has 0 bridgehead atoms. The summed E-state index contributed by atoms with van der Waals surface area (Å²) >= 11 is 0. The van der Waals surface area contributed by atoms with Gasteiger partial charge in [0.25, 0.3) is 5.91 Å². The van der Waals surface area contributed by atoms with Gasteiger partial charge in [0.15, 0.2) is 17.6 Å². The number of benzene rings is 1. The van der Waals surface area contributed by atoms with Gasteiger partial charge in [-0.25, -0.2) is 14.8 Å². The van der Waals surface area contributed by atoms with E-state index in [9.17, 15) is 9.59 Å². The molecule has 1 atom stereocenters. The molecular weight excluding hydrogens is 448 g/mol. The molecule has 174 valence electrons. The molecule has 0 aliphatic carbocycles. The molecule has 4 aromatic heterocycles. The van der Waals surface area contributed by atoms with Crippen LogP contribution in [0.2, 0.25) is 0 Å². The fraction of sp³-hybridized carbons (Fsp3) is 0.115. The highest BCUT2D eigenvalue weighted by atomic mass is 16.5. The molecule has 0 spiro atoms. The Balaban J connectivity index is 1.43. The van der Waals surface area contributed by atoms with Gasteiger partial charge in [0.05, 0.1) is 29.1 Å². The van der Waals surface area contributed by atoms with Crippen molar-refractivity contribution in [1.29, 1.82) is 0 Å². The average Bonchev–Trinajstić information content (AvgIpc) is 3.61. The van der Waals surface area contributed by atoms with E-state index in [-0.39, 0.29) is 5.56 Å². The molecule has 1 unspecified atom stereocenters. The highest BCUT2D eigenvalue weighted by Gasteiger charge is 2.23. The Labute approximate surface area is 199 Å². The zero-order valence-corrected chi connectivity index (χ0v) is 18.7. The summed E-state index contributed by atoms with van der Waals surface area (Å²) in [5.74, 6) is -0.00573. The van der Waals surface area contributed by atoms with Crippen molar-refractivity contribution in [3.8, 4) is 22.9 Å². The van der Waals surface area contributed by atoms with E-state index in [4.69, 9.17) is 18.6 Å². The van der Waals surface area contributed by atoms with Gasteiger partial charge in [-0.05, 0) is 61.0 Å². The van der Waals surface area contributed by atoms with E-state index in [2.05, 4.69) is 15.3 Å². The number of hydrogen-bond acceptors (Lipinski definition) is 8. The minimum absolute atomic E-state index is 0.248. The molecule has 0 saturated carbocycles. The Hall–Kier alpha value is -4.79. The Bertz CT molecular complexity index is 1460. The minimum atomic E-state index is -0.961. The van der Waals surface area contributed by atoms with Gasteiger partial charge in [0, 0.05) is 18.1 Å². The van der Waals surface area contributed by atoms with Crippen LogP contribution in [-0.2, 0) is 9.53 Å². The number of pyridine rings is 1. The highest BCUT2D eigenvalue weighted by molar-refractivity contribution is 5.99. The number of amides is 1. The second-order valence-electron chi connectivity index (χ2n) is 7.61. The largest absolute Gasteiger partial charge is 0.463 e. The number of hydrogen-bond donors (Lipinski definition) is 1. The maximum absolute atomic E-state index is 12.9. The molecular formula is C26H20N4O5. The summed E-state index contributed by atoms with van der Waals surface area (Å²) in [6.07, 6.45) is 5.58. The Morgan fingerprint density at radius 2 is 1.57 bits per heavy atom. The molecule has 0 fully saturated rings. The molecule has 1 amide bonds. The van der Waals surface area contributed by atoms with Crippen molar-refractivity contribution in [2.45, 2.75) is 19.4 Å². The van der Waals surface area contributed by atoms with Gasteiger partial charge in [0.1, 0.15) is 11.4 Å². The third-order valence-electron chi connectivity index (χ3n) is 5.27. The molecule has 4 heterocycles. The molecule has 5 aromatic rings. The van der Waals surface area contributed by atoms with Gasteiger partial charge in [-0.3, -0.25) is 9.78 Å². The fourth-order valence-electron chi connectivity index (χ4n) is 3.53. The summed E-state index contributed by atoms with van der Waals surface area (Å²) in [7, 11) is 0. The van der Waals surface area contributed by atoms with E-state index in [0.717, 1.165) is 0 Å². The molecule has 0 radical (unpaired) electrons. The van der Waals surface area contributed by atoms with Gasteiger partial charge in [-0.2, -0.15) is 0 Å². The van der Waals surface area contributed by atoms with Crippen LogP contribution in [0.5, 0.6) is 0 Å². The number of nitrogens with one attached hydrogen (secondary N) is 1. The van der Waals surface area contributed by atoms with Crippen LogP contribution in [0.1, 0.15) is 23.7 Å². The van der Waals surface area contributed by atoms with Crippen LogP contribution in [0.4, 0.5) is 5.69 Å². The number of nitrogens with zero attached hydrogens (tertiary/aromatic N) is 3. The molecule has 0 saturated heterocycles. The number of aromatic nitrogens is 3. The molecule has 0 aliphatic heterocycles. The van der Waals surface area contributed by atoms with E-state index in [1.807, 2.05) is 0 Å². The highest BCUT2D eigenvalue weighted by Crippen LogP contribution is 2.31. The maximum atomic E-state index is 12.9. The average molecular weight is 468 g/mol. The lowest BCUT2D eigenvalue weighted by atomic mass is 10.1. The molecule has 0 aliphatic rings. The molecule has 9 nitrogen and oxygen atoms in total. The van der Waals surface area contributed by atoms with Gasteiger partial charge in [-0.1, -0.05) is 6.92 Å². The number of esters is 1. The number of rotatable bonds is 7. The van der Waals surface area contributed by atoms with Gasteiger partial charge in [-0.15, -0.1) is 0 Å². The van der Waals surface area contributed by atoms with E-state index in [1.165, 1.54) is 0 Å². The van der Waals surface area contributed by atoms with Crippen LogP contribution >= 0.6 is 0 Å². The summed E-state index contributed by atoms with van der Waals surface area (Å²) in [6, 6.07) is 15.2. The molecule has 5 rings (SSSR count). The summed E-state index contributed by atoms with van der Waals surface area (Å²) in [6.45, 7) is 1.77. The number of carbonyl (C=O) groups is 2. The minimum Gasteiger partial charge on any atom is -0.463 e. The zero-order chi connectivity index (χ0) is 24.2. The maximum Gasteiger partial charge on any atom is 0.338 e. The van der Waals surface area contributed by atoms with Crippen LogP contribution in [0.25, 0.3) is 33.9 Å². The first-order valence-corrected chi connectivity index (χ1v) is 10.9. The summed E-state index contributed by atoms with van der Waals surface area (Å²) in [5, 5.41) is 2.72. The topological polar surface area (TPSA) is 120 Å². The Kier molecular flexibility index (Phi) is 6.04. The molecule has 1 aromatic carbocycles. The monoisotopic (exact) mass is 468 g/mol. The van der Waals surface area contributed by atoms with Gasteiger partial charge in [0.2, 0.25) is 0 Å². The number of ether oxygens (including phenoxy) is 1. The van der Waals surface area contributed by atoms with Crippen LogP contribution < -0.4 is 5.32 Å². The van der Waals surface area contributed by atoms with Crippen LogP contribution in [-0.4, -0.2) is 32.9 Å². The normalized spacial score (nSPS) is 11.8. The van der Waals surface area contributed by atoms with E-state index < -0.39 is 18.0 Å². The van der Waals surface area contributed by atoms with E-state index in [0.29, 0.717) is 46.0 Å². The summed E-state index contributed by atoms with van der Waals surface area (Å²) < 4.78 is 16.6. The Morgan fingerprint density at radius 1 is 0.914 bits per heavy atom. The Morgan fingerprint density at radius 3 is 2.17 bits per heavy atom. The standard InChI is InChI=1S/C26H20N4O5/c1-2-20(25(31)28-17-9-11-27-12-10-17)35-26(32)16-7-8-18-19(15-16)30-24(22-6-4-14-34-22)23(29-18)21-5-3-13-33-21/h3-15,20H,2H2,1H3,(H,27,28,31). The van der Waals surface area contributed by atoms with Crippen molar-refractivity contribution < 1.29 is 23.2 Å². The molecule has 1 N–H and O–H groups in total. The van der Waals surface area contributed by atoms with Crippen LogP contribution in [0.15, 0.2) is 88.4 Å². The first-order valence-electron chi connectivity index (χ1n) is 10.9. The second-order valence-corrected chi connectivity index (χ2v) is 7.61. The number of furan rings is 2. The number of anilines is 1. The van der Waals surface area contributed by atoms with Gasteiger partial charge < -0.3 is 18.9 Å². The van der Waals surface area contributed by atoms with Crippen LogP contribution in [0.3, 0.4) is 0 Å². The second kappa shape index (κ2) is 9.60. The van der Waals surface area contributed by atoms with Crippen molar-refractivity contribution in [3.63, 3.8) is 0 Å². The lowest BCUT2D eigenvalue weighted by Crippen LogP contribution is -2.32. The third-order valence-corrected chi connectivity index (χ3v) is 5.27. The SMILES string of the molecule is CCC(OC(=O)c1ccc2nc(-c3ccco3)c(-c3ccco3)nc2c1)C(=O)Nc1ccncc1. The first kappa shape index (κ1) is 22.0. The number of carbonyl (C=O) groups excluding carboxylic acids is 2. The molecule has 35 heavy (non-hydrogen) atoms.